The van der Waals surface area contributed by atoms with Gasteiger partial charge >= 0.3 is 92.8 Å². The molecule has 1 rings (SSSR count). The zero-order valence-electron chi connectivity index (χ0n) is 9.88. The minimum absolute atomic E-state index is 0.852. The van der Waals surface area contributed by atoms with Crippen molar-refractivity contribution in [2.45, 2.75) is 38.5 Å². The van der Waals surface area contributed by atoms with E-state index in [1.165, 1.54) is 10.9 Å². The van der Waals surface area contributed by atoms with Crippen molar-refractivity contribution in [2.24, 2.45) is 0 Å². The summed E-state index contributed by atoms with van der Waals surface area (Å²) in [4.78, 5) is 5.16. The van der Waals surface area contributed by atoms with E-state index < -0.39 is 18.4 Å². The summed E-state index contributed by atoms with van der Waals surface area (Å²) < 4.78 is 2.36. The second kappa shape index (κ2) is 5.20. The molecule has 0 fully saturated rings. The average molecular weight is 297 g/mol. The Labute approximate surface area is 92.6 Å². The zero-order chi connectivity index (χ0) is 10.6. The monoisotopic (exact) mass is 298 g/mol. The van der Waals surface area contributed by atoms with Crippen molar-refractivity contribution in [1.29, 1.82) is 0 Å². The first-order valence-corrected chi connectivity index (χ1v) is 15.0. The topological polar surface area (TPSA) is 0 Å². The molecule has 0 nitrogen and oxygen atoms in total. The third-order valence-electron chi connectivity index (χ3n) is 3.37. The van der Waals surface area contributed by atoms with Crippen LogP contribution in [0.5, 0.6) is 0 Å². The fourth-order valence-corrected chi connectivity index (χ4v) is 10.1. The molecule has 0 saturated heterocycles. The van der Waals surface area contributed by atoms with Gasteiger partial charge in [-0.05, 0) is 0 Å². The second-order valence-electron chi connectivity index (χ2n) is 4.87. The van der Waals surface area contributed by atoms with Gasteiger partial charge in [-0.15, -0.1) is 0 Å². The molecule has 0 aliphatic carbocycles. The van der Waals surface area contributed by atoms with Crippen molar-refractivity contribution in [3.8, 4) is 0 Å². The molecular weight excluding hydrogens is 275 g/mol. The van der Waals surface area contributed by atoms with Gasteiger partial charge in [-0.1, -0.05) is 0 Å². The van der Waals surface area contributed by atoms with Gasteiger partial charge in [-0.3, -0.25) is 0 Å². The van der Waals surface area contributed by atoms with E-state index >= 15 is 0 Å². The quantitative estimate of drug-likeness (QED) is 0.720. The summed E-state index contributed by atoms with van der Waals surface area (Å²) in [5.74, 6) is 0. The van der Waals surface area contributed by atoms with E-state index in [4.69, 9.17) is 0 Å². The molecule has 1 aromatic rings. The van der Waals surface area contributed by atoms with Crippen LogP contribution in [0, 0.1) is 0 Å². The molecule has 0 saturated carbocycles. The maximum absolute atomic E-state index is 2.58. The predicted molar refractivity (Wildman–Crippen MR) is 67.4 cm³/mol. The first kappa shape index (κ1) is 12.1. The molecule has 14 heavy (non-hydrogen) atoms. The van der Waals surface area contributed by atoms with Crippen LogP contribution in [0.25, 0.3) is 0 Å². The van der Waals surface area contributed by atoms with Crippen LogP contribution in [-0.4, -0.2) is 18.4 Å². The molecule has 0 radical (unpaired) electrons. The van der Waals surface area contributed by atoms with E-state index in [0.717, 1.165) is 3.93 Å². The fourth-order valence-electron chi connectivity index (χ4n) is 2.05. The Hall–Kier alpha value is 0.0187. The Kier molecular flexibility index (Phi) is 4.49. The van der Waals surface area contributed by atoms with Gasteiger partial charge in [0, 0.05) is 0 Å². The van der Waals surface area contributed by atoms with Gasteiger partial charge in [0.1, 0.15) is 0 Å². The maximum atomic E-state index is 2.58. The van der Waals surface area contributed by atoms with Crippen LogP contribution in [0.2, 0.25) is 14.3 Å². The number of benzene rings is 1. The zero-order valence-corrected chi connectivity index (χ0v) is 12.7. The Bertz CT molecular complexity index is 264. The summed E-state index contributed by atoms with van der Waals surface area (Å²) in [5.41, 5.74) is 1.56. The number of rotatable bonds is 4. The molecule has 1 heteroatoms. The third-order valence-corrected chi connectivity index (χ3v) is 16.1. The Morgan fingerprint density at radius 1 is 1.14 bits per heavy atom. The molecular formula is C13H22Sn. The predicted octanol–water partition coefficient (Wildman–Crippen LogP) is 4.45. The van der Waals surface area contributed by atoms with Gasteiger partial charge in [0.05, 0.1) is 0 Å². The van der Waals surface area contributed by atoms with Crippen LogP contribution in [0.1, 0.15) is 29.8 Å². The van der Waals surface area contributed by atoms with Crippen LogP contribution in [-0.2, 0) is 0 Å². The number of hydrogen-bond acceptors (Lipinski definition) is 0. The molecule has 1 atom stereocenters. The molecule has 78 valence electrons. The molecule has 0 N–H and O–H groups in total. The van der Waals surface area contributed by atoms with Crippen molar-refractivity contribution in [1.82, 2.24) is 0 Å². The average Bonchev–Trinajstić information content (AvgIpc) is 2.18. The summed E-state index contributed by atoms with van der Waals surface area (Å²) in [6.45, 7) is 4.75. The summed E-state index contributed by atoms with van der Waals surface area (Å²) in [7, 11) is 0. The van der Waals surface area contributed by atoms with Gasteiger partial charge < -0.3 is 0 Å². The third kappa shape index (κ3) is 3.01. The standard InChI is InChI=1S/C8H9.C3H7.2CH3.Sn/c1-2-8-6-4-3-5-7-8;1-3-2;;;/h2-7H,1H3;1,3H2,2H3;2*1H3;. The molecule has 0 aliphatic heterocycles. The van der Waals surface area contributed by atoms with Crippen LogP contribution in [0.4, 0.5) is 0 Å². The van der Waals surface area contributed by atoms with Gasteiger partial charge in [0.25, 0.3) is 0 Å². The molecule has 0 aromatic heterocycles. The molecule has 1 unspecified atom stereocenters. The minimum atomic E-state index is -1.80. The van der Waals surface area contributed by atoms with E-state index in [2.05, 4.69) is 54.1 Å². The molecule has 0 bridgehead atoms. The fraction of sp³-hybridized carbons (Fsp3) is 0.538. The first-order chi connectivity index (χ1) is 6.58. The van der Waals surface area contributed by atoms with E-state index in [-0.39, 0.29) is 0 Å². The van der Waals surface area contributed by atoms with E-state index in [1.807, 2.05) is 0 Å². The summed E-state index contributed by atoms with van der Waals surface area (Å²) in [6, 6.07) is 11.0. The van der Waals surface area contributed by atoms with Crippen molar-refractivity contribution < 1.29 is 0 Å². The number of hydrogen-bond donors (Lipinski definition) is 0. The van der Waals surface area contributed by atoms with Gasteiger partial charge in [-0.2, -0.15) is 0 Å². The second-order valence-corrected chi connectivity index (χ2v) is 20.1. The van der Waals surface area contributed by atoms with Gasteiger partial charge in [0.15, 0.2) is 0 Å². The summed E-state index contributed by atoms with van der Waals surface area (Å²) in [6.07, 6.45) is 1.36. The molecule has 0 spiro atoms. The first-order valence-electron chi connectivity index (χ1n) is 5.63. The summed E-state index contributed by atoms with van der Waals surface area (Å²) >= 11 is -1.80. The van der Waals surface area contributed by atoms with Gasteiger partial charge in [0.2, 0.25) is 0 Å². The van der Waals surface area contributed by atoms with E-state index in [1.54, 1.807) is 5.56 Å². The molecule has 0 aliphatic rings. The van der Waals surface area contributed by atoms with Crippen LogP contribution >= 0.6 is 0 Å². The van der Waals surface area contributed by atoms with Crippen molar-refractivity contribution >= 4 is 18.4 Å². The van der Waals surface area contributed by atoms with Crippen LogP contribution in [0.15, 0.2) is 30.3 Å². The van der Waals surface area contributed by atoms with Crippen molar-refractivity contribution in [2.75, 3.05) is 0 Å². The Balaban J connectivity index is 2.79. The molecule has 0 amide bonds. The van der Waals surface area contributed by atoms with Crippen LogP contribution < -0.4 is 0 Å². The van der Waals surface area contributed by atoms with E-state index in [9.17, 15) is 0 Å². The SMILES string of the molecule is CC[CH2][Sn]([CH3])([CH3])[CH](C)c1ccccc1. The Morgan fingerprint density at radius 2 is 1.71 bits per heavy atom. The van der Waals surface area contributed by atoms with E-state index in [0.29, 0.717) is 0 Å². The van der Waals surface area contributed by atoms with Crippen LogP contribution in [0.3, 0.4) is 0 Å². The molecule has 1 aromatic carbocycles. The molecule has 0 heterocycles. The van der Waals surface area contributed by atoms with Crippen molar-refractivity contribution in [3.05, 3.63) is 35.9 Å². The van der Waals surface area contributed by atoms with Gasteiger partial charge in [-0.25, -0.2) is 0 Å². The van der Waals surface area contributed by atoms with Crippen molar-refractivity contribution in [3.63, 3.8) is 0 Å². The summed E-state index contributed by atoms with van der Waals surface area (Å²) in [5, 5.41) is 0. The Morgan fingerprint density at radius 3 is 2.21 bits per heavy atom. The normalized spacial score (nSPS) is 14.0.